The highest BCUT2D eigenvalue weighted by molar-refractivity contribution is 5.87. The Bertz CT molecular complexity index is 592. The molecular formula is C15H18F4N2O3. The predicted octanol–water partition coefficient (Wildman–Crippen LogP) is 1.92. The van der Waals surface area contributed by atoms with E-state index in [9.17, 15) is 27.2 Å². The minimum atomic E-state index is -5.15. The number of hydrogen-bond donors (Lipinski definition) is 2. The highest BCUT2D eigenvalue weighted by atomic mass is 19.4. The third-order valence-electron chi connectivity index (χ3n) is 3.11. The molecular weight excluding hydrogens is 332 g/mol. The molecule has 0 aromatic heterocycles. The second-order valence-electron chi connectivity index (χ2n) is 4.92. The lowest BCUT2D eigenvalue weighted by molar-refractivity contribution is -0.221. The van der Waals surface area contributed by atoms with E-state index >= 15 is 0 Å². The summed E-state index contributed by atoms with van der Waals surface area (Å²) in [5, 5.41) is 3.54. The smallest absolute Gasteiger partial charge is 0.436 e. The average molecular weight is 350 g/mol. The predicted molar refractivity (Wildman–Crippen MR) is 77.3 cm³/mol. The first-order valence-electron chi connectivity index (χ1n) is 7.15. The fourth-order valence-electron chi connectivity index (χ4n) is 2.04. The molecule has 1 rings (SSSR count). The van der Waals surface area contributed by atoms with Gasteiger partial charge >= 0.3 is 12.1 Å². The number of ether oxygens (including phenoxy) is 1. The molecule has 134 valence electrons. The summed E-state index contributed by atoms with van der Waals surface area (Å²) >= 11 is 0. The number of carbonyl (C=O) groups excluding carboxylic acids is 2. The van der Waals surface area contributed by atoms with Gasteiger partial charge in [0.1, 0.15) is 5.82 Å². The lowest BCUT2D eigenvalue weighted by Gasteiger charge is -2.34. The molecule has 0 fully saturated rings. The zero-order valence-electron chi connectivity index (χ0n) is 13.2. The average Bonchev–Trinajstić information content (AvgIpc) is 2.46. The molecule has 0 aliphatic heterocycles. The summed E-state index contributed by atoms with van der Waals surface area (Å²) in [7, 11) is 0. The largest absolute Gasteiger partial charge is 0.463 e. The Balaban J connectivity index is 3.01. The van der Waals surface area contributed by atoms with Gasteiger partial charge in [0.25, 0.3) is 5.66 Å². The number of halogens is 4. The van der Waals surface area contributed by atoms with Crippen molar-refractivity contribution in [3.63, 3.8) is 0 Å². The second-order valence-corrected chi connectivity index (χ2v) is 4.92. The summed E-state index contributed by atoms with van der Waals surface area (Å²) in [6.07, 6.45) is -5.27. The van der Waals surface area contributed by atoms with Gasteiger partial charge in [0.05, 0.1) is 6.61 Å². The van der Waals surface area contributed by atoms with Crippen molar-refractivity contribution >= 4 is 11.9 Å². The van der Waals surface area contributed by atoms with E-state index in [0.29, 0.717) is 0 Å². The fraction of sp³-hybridized carbons (Fsp3) is 0.467. The number of nitrogens with one attached hydrogen (secondary N) is 2. The summed E-state index contributed by atoms with van der Waals surface area (Å²) in [6, 6.07) is 5.57. The zero-order chi connectivity index (χ0) is 18.4. The first-order valence-corrected chi connectivity index (χ1v) is 7.15. The van der Waals surface area contributed by atoms with E-state index in [0.717, 1.165) is 6.92 Å². The van der Waals surface area contributed by atoms with Crippen molar-refractivity contribution < 1.29 is 31.9 Å². The van der Waals surface area contributed by atoms with Crippen molar-refractivity contribution in [3.8, 4) is 0 Å². The van der Waals surface area contributed by atoms with Crippen LogP contribution in [0.3, 0.4) is 0 Å². The van der Waals surface area contributed by atoms with Crippen LogP contribution in [0, 0.1) is 5.82 Å². The lowest BCUT2D eigenvalue weighted by Crippen LogP contribution is -2.72. The minimum absolute atomic E-state index is 0.122. The summed E-state index contributed by atoms with van der Waals surface area (Å²) in [6.45, 7) is 1.47. The minimum Gasteiger partial charge on any atom is -0.463 e. The summed E-state index contributed by atoms with van der Waals surface area (Å²) in [4.78, 5) is 23.0. The van der Waals surface area contributed by atoms with Gasteiger partial charge in [0.15, 0.2) is 0 Å². The van der Waals surface area contributed by atoms with Gasteiger partial charge in [-0.15, -0.1) is 0 Å². The van der Waals surface area contributed by atoms with Crippen LogP contribution in [0.15, 0.2) is 24.3 Å². The van der Waals surface area contributed by atoms with E-state index in [4.69, 9.17) is 0 Å². The van der Waals surface area contributed by atoms with Gasteiger partial charge in [-0.05, 0) is 25.0 Å². The summed E-state index contributed by atoms with van der Waals surface area (Å²) in [5.74, 6) is -3.33. The molecule has 0 spiro atoms. The molecule has 5 nitrogen and oxygen atoms in total. The molecule has 1 atom stereocenters. The Hall–Kier alpha value is -2.16. The second kappa shape index (κ2) is 8.09. The first kappa shape index (κ1) is 19.9. The Morgan fingerprint density at radius 3 is 2.33 bits per heavy atom. The van der Waals surface area contributed by atoms with E-state index in [-0.39, 0.29) is 18.6 Å². The van der Waals surface area contributed by atoms with Gasteiger partial charge in [0, 0.05) is 13.5 Å². The molecule has 0 aliphatic rings. The van der Waals surface area contributed by atoms with Crippen LogP contribution >= 0.6 is 0 Å². The standard InChI is InChI=1S/C15H18F4N2O3/c1-3-24-13(23)14(15(17,18)19,21-10(2)22)20-9-8-11-6-4-5-7-12(11)16/h4-7,20H,3,8-9H2,1-2H3,(H,21,22)/t14-/m0/s1. The Morgan fingerprint density at radius 2 is 1.83 bits per heavy atom. The van der Waals surface area contributed by atoms with Crippen LogP contribution in [0.5, 0.6) is 0 Å². The molecule has 1 aromatic carbocycles. The maximum atomic E-state index is 13.5. The topological polar surface area (TPSA) is 67.4 Å². The van der Waals surface area contributed by atoms with E-state index in [1.165, 1.54) is 31.2 Å². The number of alkyl halides is 3. The van der Waals surface area contributed by atoms with Crippen LogP contribution in [-0.4, -0.2) is 36.9 Å². The SMILES string of the molecule is CCOC(=O)[C@](NCCc1ccccc1F)(NC(C)=O)C(F)(F)F. The normalized spacial score (nSPS) is 13.9. The van der Waals surface area contributed by atoms with Crippen molar-refractivity contribution in [1.82, 2.24) is 10.6 Å². The number of carbonyl (C=O) groups is 2. The molecule has 0 aliphatic carbocycles. The van der Waals surface area contributed by atoms with Crippen LogP contribution in [0.2, 0.25) is 0 Å². The van der Waals surface area contributed by atoms with Gasteiger partial charge in [0.2, 0.25) is 5.91 Å². The van der Waals surface area contributed by atoms with Crippen molar-refractivity contribution in [2.75, 3.05) is 13.2 Å². The molecule has 0 heterocycles. The molecule has 0 saturated heterocycles. The summed E-state index contributed by atoms with van der Waals surface area (Å²) < 4.78 is 58.4. The molecule has 1 aromatic rings. The fourth-order valence-corrected chi connectivity index (χ4v) is 2.04. The number of esters is 1. The van der Waals surface area contributed by atoms with E-state index in [1.807, 2.05) is 5.32 Å². The van der Waals surface area contributed by atoms with E-state index in [2.05, 4.69) is 4.74 Å². The number of hydrogen-bond acceptors (Lipinski definition) is 4. The monoisotopic (exact) mass is 350 g/mol. The zero-order valence-corrected chi connectivity index (χ0v) is 13.2. The van der Waals surface area contributed by atoms with Crippen LogP contribution in [-0.2, 0) is 20.7 Å². The van der Waals surface area contributed by atoms with Crippen LogP contribution in [0.1, 0.15) is 19.4 Å². The summed E-state index contributed by atoms with van der Waals surface area (Å²) in [5.41, 5.74) is -3.21. The molecule has 0 radical (unpaired) electrons. The van der Waals surface area contributed by atoms with Crippen molar-refractivity contribution in [2.24, 2.45) is 0 Å². The third kappa shape index (κ3) is 4.67. The Morgan fingerprint density at radius 1 is 1.21 bits per heavy atom. The van der Waals surface area contributed by atoms with Gasteiger partial charge in [-0.2, -0.15) is 13.2 Å². The third-order valence-corrected chi connectivity index (χ3v) is 3.11. The van der Waals surface area contributed by atoms with Gasteiger partial charge in [-0.25, -0.2) is 9.18 Å². The lowest BCUT2D eigenvalue weighted by atomic mass is 10.1. The van der Waals surface area contributed by atoms with E-state index in [1.54, 1.807) is 5.32 Å². The van der Waals surface area contributed by atoms with Gasteiger partial charge in [-0.1, -0.05) is 18.2 Å². The number of amides is 1. The highest BCUT2D eigenvalue weighted by Crippen LogP contribution is 2.30. The molecule has 1 amide bonds. The van der Waals surface area contributed by atoms with Crippen molar-refractivity contribution in [1.29, 1.82) is 0 Å². The molecule has 0 unspecified atom stereocenters. The molecule has 24 heavy (non-hydrogen) atoms. The number of rotatable bonds is 7. The van der Waals surface area contributed by atoms with Crippen LogP contribution < -0.4 is 10.6 Å². The first-order chi connectivity index (χ1) is 11.1. The molecule has 9 heteroatoms. The Kier molecular flexibility index (Phi) is 6.70. The molecule has 0 bridgehead atoms. The van der Waals surface area contributed by atoms with Gasteiger partial charge < -0.3 is 10.1 Å². The van der Waals surface area contributed by atoms with Crippen LogP contribution in [0.25, 0.3) is 0 Å². The van der Waals surface area contributed by atoms with E-state index < -0.39 is 36.1 Å². The quantitative estimate of drug-likeness (QED) is 0.448. The van der Waals surface area contributed by atoms with Gasteiger partial charge in [-0.3, -0.25) is 10.1 Å². The van der Waals surface area contributed by atoms with Crippen molar-refractivity contribution in [2.45, 2.75) is 32.1 Å². The molecule has 2 N–H and O–H groups in total. The highest BCUT2D eigenvalue weighted by Gasteiger charge is 2.62. The van der Waals surface area contributed by atoms with Crippen molar-refractivity contribution in [3.05, 3.63) is 35.6 Å². The Labute approximate surface area is 136 Å². The number of benzene rings is 1. The molecule has 0 saturated carbocycles. The maximum absolute atomic E-state index is 13.5. The maximum Gasteiger partial charge on any atom is 0.436 e. The van der Waals surface area contributed by atoms with Crippen LogP contribution in [0.4, 0.5) is 17.6 Å².